The molecule has 1 fully saturated rings. The molecule has 116 valence electrons. The molecule has 0 aliphatic carbocycles. The number of aromatic amines is 1. The summed E-state index contributed by atoms with van der Waals surface area (Å²) in [5.41, 5.74) is 1.62. The van der Waals surface area contributed by atoms with E-state index in [9.17, 15) is 9.59 Å². The average molecular weight is 293 g/mol. The quantitative estimate of drug-likeness (QED) is 0.769. The Labute approximate surface area is 124 Å². The number of aryl methyl sites for hydroxylation is 1. The molecule has 1 unspecified atom stereocenters. The first-order chi connectivity index (χ1) is 9.91. The Hall–Kier alpha value is -1.82. The molecule has 6 nitrogen and oxygen atoms in total. The number of H-pyrrole nitrogens is 1. The van der Waals surface area contributed by atoms with Crippen molar-refractivity contribution >= 4 is 11.9 Å². The molecular weight excluding hydrogens is 270 g/mol. The van der Waals surface area contributed by atoms with Gasteiger partial charge in [-0.1, -0.05) is 0 Å². The molecule has 0 radical (unpaired) electrons. The number of hydrogen-bond acceptors (Lipinski definition) is 3. The number of amides is 1. The molecule has 2 heterocycles. The third kappa shape index (κ3) is 3.26. The van der Waals surface area contributed by atoms with E-state index < -0.39 is 5.97 Å². The molecule has 1 aromatic rings. The summed E-state index contributed by atoms with van der Waals surface area (Å²) in [6.07, 6.45) is 2.44. The molecule has 0 bridgehead atoms. The summed E-state index contributed by atoms with van der Waals surface area (Å²) in [5, 5.41) is 12.0. The lowest BCUT2D eigenvalue weighted by Crippen LogP contribution is -2.40. The van der Waals surface area contributed by atoms with Crippen LogP contribution in [-0.2, 0) is 0 Å². The molecule has 1 aliphatic rings. The largest absolute Gasteiger partial charge is 0.477 e. The van der Waals surface area contributed by atoms with E-state index in [1.165, 1.54) is 12.8 Å². The molecule has 6 heteroatoms. The van der Waals surface area contributed by atoms with Gasteiger partial charge in [0.15, 0.2) is 0 Å². The Kier molecular flexibility index (Phi) is 4.67. The standard InChI is InChI=1S/C15H23N3O3/c1-9(18-6-4-5-7-18)8-16-14(19)12-10(2)13(15(20)21)17-11(12)3/h9,17H,4-8H2,1-3H3,(H,16,19)(H,20,21). The molecule has 21 heavy (non-hydrogen) atoms. The summed E-state index contributed by atoms with van der Waals surface area (Å²) < 4.78 is 0. The van der Waals surface area contributed by atoms with Gasteiger partial charge in [0, 0.05) is 18.3 Å². The third-order valence-corrected chi connectivity index (χ3v) is 4.20. The predicted octanol–water partition coefficient (Wildman–Crippen LogP) is 1.54. The number of aromatic nitrogens is 1. The Morgan fingerprint density at radius 3 is 2.48 bits per heavy atom. The van der Waals surface area contributed by atoms with Gasteiger partial charge in [-0.05, 0) is 52.3 Å². The highest BCUT2D eigenvalue weighted by Crippen LogP contribution is 2.18. The van der Waals surface area contributed by atoms with Crippen LogP contribution in [0.3, 0.4) is 0 Å². The molecule has 1 amide bonds. The zero-order valence-corrected chi connectivity index (χ0v) is 12.8. The van der Waals surface area contributed by atoms with Gasteiger partial charge in [0.05, 0.1) is 5.56 Å². The van der Waals surface area contributed by atoms with Gasteiger partial charge in [-0.15, -0.1) is 0 Å². The van der Waals surface area contributed by atoms with E-state index in [1.807, 2.05) is 0 Å². The first-order valence-corrected chi connectivity index (χ1v) is 7.36. The molecule has 1 saturated heterocycles. The first-order valence-electron chi connectivity index (χ1n) is 7.36. The monoisotopic (exact) mass is 293 g/mol. The highest BCUT2D eigenvalue weighted by molar-refractivity contribution is 6.00. The maximum atomic E-state index is 12.3. The second-order valence-corrected chi connectivity index (χ2v) is 5.73. The molecule has 0 aromatic carbocycles. The molecule has 1 aliphatic heterocycles. The van der Waals surface area contributed by atoms with Crippen LogP contribution in [0.1, 0.15) is 51.9 Å². The van der Waals surface area contributed by atoms with Gasteiger partial charge in [0.25, 0.3) is 5.91 Å². The van der Waals surface area contributed by atoms with Crippen LogP contribution in [-0.4, -0.2) is 52.5 Å². The minimum atomic E-state index is -1.04. The normalized spacial score (nSPS) is 16.9. The van der Waals surface area contributed by atoms with Crippen molar-refractivity contribution in [2.75, 3.05) is 19.6 Å². The molecule has 0 spiro atoms. The van der Waals surface area contributed by atoms with Crippen LogP contribution in [0.5, 0.6) is 0 Å². The van der Waals surface area contributed by atoms with Crippen LogP contribution in [0.25, 0.3) is 0 Å². The number of nitrogens with zero attached hydrogens (tertiary/aromatic N) is 1. The predicted molar refractivity (Wildman–Crippen MR) is 79.8 cm³/mol. The van der Waals surface area contributed by atoms with Gasteiger partial charge in [-0.2, -0.15) is 0 Å². The number of hydrogen-bond donors (Lipinski definition) is 3. The van der Waals surface area contributed by atoms with Crippen molar-refractivity contribution in [2.24, 2.45) is 0 Å². The van der Waals surface area contributed by atoms with Gasteiger partial charge >= 0.3 is 5.97 Å². The number of carboxylic acids is 1. The highest BCUT2D eigenvalue weighted by Gasteiger charge is 2.23. The summed E-state index contributed by atoms with van der Waals surface area (Å²) in [7, 11) is 0. The van der Waals surface area contributed by atoms with E-state index in [0.29, 0.717) is 29.4 Å². The van der Waals surface area contributed by atoms with Crippen LogP contribution in [0.4, 0.5) is 0 Å². The fourth-order valence-corrected chi connectivity index (χ4v) is 2.94. The summed E-state index contributed by atoms with van der Waals surface area (Å²) in [6.45, 7) is 8.23. The fraction of sp³-hybridized carbons (Fsp3) is 0.600. The number of carbonyl (C=O) groups excluding carboxylic acids is 1. The third-order valence-electron chi connectivity index (χ3n) is 4.20. The Morgan fingerprint density at radius 2 is 1.95 bits per heavy atom. The van der Waals surface area contributed by atoms with Crippen molar-refractivity contribution < 1.29 is 14.7 Å². The summed E-state index contributed by atoms with van der Waals surface area (Å²) in [4.78, 5) is 28.5. The Morgan fingerprint density at radius 1 is 1.33 bits per heavy atom. The van der Waals surface area contributed by atoms with Crippen LogP contribution in [0, 0.1) is 13.8 Å². The maximum absolute atomic E-state index is 12.3. The van der Waals surface area contributed by atoms with Crippen molar-refractivity contribution in [2.45, 2.75) is 39.7 Å². The van der Waals surface area contributed by atoms with Gasteiger partial charge in [0.2, 0.25) is 0 Å². The summed E-state index contributed by atoms with van der Waals surface area (Å²) in [6, 6.07) is 0.301. The number of likely N-dealkylation sites (tertiary alicyclic amines) is 1. The van der Waals surface area contributed by atoms with E-state index in [2.05, 4.69) is 22.1 Å². The number of nitrogens with one attached hydrogen (secondary N) is 2. The van der Waals surface area contributed by atoms with Crippen molar-refractivity contribution in [1.29, 1.82) is 0 Å². The minimum Gasteiger partial charge on any atom is -0.477 e. The van der Waals surface area contributed by atoms with Crippen LogP contribution in [0.2, 0.25) is 0 Å². The topological polar surface area (TPSA) is 85.4 Å². The van der Waals surface area contributed by atoms with Crippen LogP contribution >= 0.6 is 0 Å². The molecule has 2 rings (SSSR count). The average Bonchev–Trinajstić information content (AvgIpc) is 3.04. The molecule has 3 N–H and O–H groups in total. The zero-order chi connectivity index (χ0) is 15.6. The number of carbonyl (C=O) groups is 2. The Balaban J connectivity index is 2.02. The van der Waals surface area contributed by atoms with Crippen molar-refractivity contribution in [3.63, 3.8) is 0 Å². The van der Waals surface area contributed by atoms with Gasteiger partial charge < -0.3 is 15.4 Å². The van der Waals surface area contributed by atoms with Crippen molar-refractivity contribution in [3.8, 4) is 0 Å². The minimum absolute atomic E-state index is 0.0882. The van der Waals surface area contributed by atoms with E-state index in [4.69, 9.17) is 5.11 Å². The number of carboxylic acid groups (broad SMARTS) is 1. The maximum Gasteiger partial charge on any atom is 0.352 e. The second-order valence-electron chi connectivity index (χ2n) is 5.73. The van der Waals surface area contributed by atoms with E-state index in [-0.39, 0.29) is 11.6 Å². The van der Waals surface area contributed by atoms with Crippen molar-refractivity contribution in [3.05, 3.63) is 22.5 Å². The molecule has 1 atom stereocenters. The van der Waals surface area contributed by atoms with E-state index in [0.717, 1.165) is 13.1 Å². The second kappa shape index (κ2) is 6.30. The molecule has 0 saturated carbocycles. The summed E-state index contributed by atoms with van der Waals surface area (Å²) in [5.74, 6) is -1.25. The smallest absolute Gasteiger partial charge is 0.352 e. The van der Waals surface area contributed by atoms with Crippen LogP contribution < -0.4 is 5.32 Å². The number of rotatable bonds is 5. The van der Waals surface area contributed by atoms with Gasteiger partial charge in [-0.3, -0.25) is 9.69 Å². The molecule has 1 aromatic heterocycles. The van der Waals surface area contributed by atoms with Gasteiger partial charge in [0.1, 0.15) is 5.69 Å². The summed E-state index contributed by atoms with van der Waals surface area (Å²) >= 11 is 0. The zero-order valence-electron chi connectivity index (χ0n) is 12.8. The first kappa shape index (κ1) is 15.6. The lowest BCUT2D eigenvalue weighted by Gasteiger charge is -2.23. The molecular formula is C15H23N3O3. The Bertz CT molecular complexity index is 545. The number of aromatic carboxylic acids is 1. The van der Waals surface area contributed by atoms with E-state index >= 15 is 0 Å². The highest BCUT2D eigenvalue weighted by atomic mass is 16.4. The van der Waals surface area contributed by atoms with Gasteiger partial charge in [-0.25, -0.2) is 4.79 Å². The lowest BCUT2D eigenvalue weighted by atomic mass is 10.1. The van der Waals surface area contributed by atoms with Crippen LogP contribution in [0.15, 0.2) is 0 Å². The van der Waals surface area contributed by atoms with Crippen molar-refractivity contribution in [1.82, 2.24) is 15.2 Å². The van der Waals surface area contributed by atoms with E-state index in [1.54, 1.807) is 13.8 Å². The lowest BCUT2D eigenvalue weighted by molar-refractivity contribution is 0.0690. The fourth-order valence-electron chi connectivity index (χ4n) is 2.94. The SMILES string of the molecule is Cc1[nH]c(C(=O)O)c(C)c1C(=O)NCC(C)N1CCCC1.